The predicted octanol–water partition coefficient (Wildman–Crippen LogP) is 3.24. The molecule has 0 aromatic heterocycles. The summed E-state index contributed by atoms with van der Waals surface area (Å²) in [6, 6.07) is 5.86. The highest BCUT2D eigenvalue weighted by atomic mass is 35.5. The summed E-state index contributed by atoms with van der Waals surface area (Å²) >= 11 is 11.9. The second-order valence-corrected chi connectivity index (χ2v) is 6.09. The van der Waals surface area contributed by atoms with E-state index in [0.29, 0.717) is 22.6 Å². The van der Waals surface area contributed by atoms with Crippen molar-refractivity contribution in [2.75, 3.05) is 0 Å². The molecule has 4 heteroatoms. The van der Waals surface area contributed by atoms with Gasteiger partial charge >= 0.3 is 0 Å². The molecule has 2 nitrogen and oxygen atoms in total. The molecule has 2 rings (SSSR count). The lowest BCUT2D eigenvalue weighted by atomic mass is 9.64. The minimum Gasteiger partial charge on any atom is -0.392 e. The maximum atomic E-state index is 9.65. The van der Waals surface area contributed by atoms with E-state index in [0.717, 1.165) is 12.0 Å². The summed E-state index contributed by atoms with van der Waals surface area (Å²) in [6.45, 7) is 4.85. The lowest BCUT2D eigenvalue weighted by Gasteiger charge is -2.49. The van der Waals surface area contributed by atoms with Crippen molar-refractivity contribution in [3.8, 4) is 0 Å². The SMILES string of the molecule is CC1(C)C(O)CC1NCc1ccc(Cl)cc1Cl. The maximum Gasteiger partial charge on any atom is 0.0621 e. The van der Waals surface area contributed by atoms with Crippen LogP contribution in [0.4, 0.5) is 0 Å². The number of hydrogen-bond donors (Lipinski definition) is 2. The van der Waals surface area contributed by atoms with Crippen LogP contribution >= 0.6 is 23.2 Å². The Morgan fingerprint density at radius 1 is 1.41 bits per heavy atom. The predicted molar refractivity (Wildman–Crippen MR) is 71.5 cm³/mol. The first-order valence-corrected chi connectivity index (χ1v) is 6.52. The molecule has 17 heavy (non-hydrogen) atoms. The van der Waals surface area contributed by atoms with Crippen molar-refractivity contribution in [2.24, 2.45) is 5.41 Å². The molecule has 0 saturated heterocycles. The maximum absolute atomic E-state index is 9.65. The van der Waals surface area contributed by atoms with Crippen molar-refractivity contribution in [3.63, 3.8) is 0 Å². The van der Waals surface area contributed by atoms with Crippen LogP contribution in [0.1, 0.15) is 25.8 Å². The third-order valence-electron chi connectivity index (χ3n) is 3.77. The van der Waals surface area contributed by atoms with E-state index in [1.54, 1.807) is 6.07 Å². The van der Waals surface area contributed by atoms with Gasteiger partial charge in [-0.2, -0.15) is 0 Å². The van der Waals surface area contributed by atoms with Crippen LogP contribution in [-0.2, 0) is 6.54 Å². The van der Waals surface area contributed by atoms with Crippen LogP contribution in [0.15, 0.2) is 18.2 Å². The molecule has 0 aliphatic heterocycles. The minimum atomic E-state index is -0.208. The average Bonchev–Trinajstić information content (AvgIpc) is 2.26. The van der Waals surface area contributed by atoms with Crippen LogP contribution in [-0.4, -0.2) is 17.3 Å². The molecule has 0 radical (unpaired) electrons. The number of aliphatic hydroxyl groups excluding tert-OH is 1. The van der Waals surface area contributed by atoms with Gasteiger partial charge in [0.2, 0.25) is 0 Å². The van der Waals surface area contributed by atoms with Gasteiger partial charge in [-0.15, -0.1) is 0 Å². The normalized spacial score (nSPS) is 26.6. The highest BCUT2D eigenvalue weighted by Gasteiger charge is 2.46. The summed E-state index contributed by atoms with van der Waals surface area (Å²) in [6.07, 6.45) is 0.596. The third kappa shape index (κ3) is 2.60. The third-order valence-corrected chi connectivity index (χ3v) is 4.36. The lowest BCUT2D eigenvalue weighted by Crippen LogP contribution is -2.59. The van der Waals surface area contributed by atoms with Crippen LogP contribution in [0.25, 0.3) is 0 Å². The van der Waals surface area contributed by atoms with Crippen molar-refractivity contribution in [1.82, 2.24) is 5.32 Å². The first-order chi connectivity index (χ1) is 7.91. The molecule has 1 aliphatic carbocycles. The zero-order valence-electron chi connectivity index (χ0n) is 10.0. The van der Waals surface area contributed by atoms with Gasteiger partial charge in [0.15, 0.2) is 0 Å². The van der Waals surface area contributed by atoms with Crippen LogP contribution in [0, 0.1) is 5.41 Å². The fourth-order valence-electron chi connectivity index (χ4n) is 2.15. The Bertz CT molecular complexity index is 420. The fourth-order valence-corrected chi connectivity index (χ4v) is 2.62. The number of hydrogen-bond acceptors (Lipinski definition) is 2. The van der Waals surface area contributed by atoms with Gasteiger partial charge in [-0.3, -0.25) is 0 Å². The van der Waals surface area contributed by atoms with Crippen molar-refractivity contribution < 1.29 is 5.11 Å². The molecule has 0 heterocycles. The van der Waals surface area contributed by atoms with Crippen molar-refractivity contribution >= 4 is 23.2 Å². The van der Waals surface area contributed by atoms with Crippen LogP contribution in [0.5, 0.6) is 0 Å². The molecule has 0 spiro atoms. The van der Waals surface area contributed by atoms with E-state index in [4.69, 9.17) is 23.2 Å². The second-order valence-electron chi connectivity index (χ2n) is 5.24. The highest BCUT2D eigenvalue weighted by molar-refractivity contribution is 6.35. The summed E-state index contributed by atoms with van der Waals surface area (Å²) in [5.74, 6) is 0. The summed E-state index contributed by atoms with van der Waals surface area (Å²) in [7, 11) is 0. The van der Waals surface area contributed by atoms with Crippen molar-refractivity contribution in [2.45, 2.75) is 39.0 Å². The second kappa shape index (κ2) is 4.77. The molecule has 2 N–H and O–H groups in total. The van der Waals surface area contributed by atoms with Gasteiger partial charge < -0.3 is 10.4 Å². The Hall–Kier alpha value is -0.280. The van der Waals surface area contributed by atoms with E-state index in [2.05, 4.69) is 19.2 Å². The number of halogens is 2. The monoisotopic (exact) mass is 273 g/mol. The first kappa shape index (κ1) is 13.2. The molecule has 2 atom stereocenters. The van der Waals surface area contributed by atoms with Crippen molar-refractivity contribution in [1.29, 1.82) is 0 Å². The van der Waals surface area contributed by atoms with Gasteiger partial charge in [-0.25, -0.2) is 0 Å². The van der Waals surface area contributed by atoms with Crippen LogP contribution in [0.2, 0.25) is 10.0 Å². The number of aliphatic hydroxyl groups is 1. The standard InChI is InChI=1S/C13H17Cl2NO/c1-13(2)11(6-12(13)17)16-7-8-3-4-9(14)5-10(8)15/h3-5,11-12,16-17H,6-7H2,1-2H3. The van der Waals surface area contributed by atoms with Gasteiger partial charge in [0, 0.05) is 28.0 Å². The zero-order valence-corrected chi connectivity index (χ0v) is 11.5. The van der Waals surface area contributed by atoms with E-state index in [1.165, 1.54) is 0 Å². The molecule has 1 aromatic rings. The minimum absolute atomic E-state index is 0.0566. The Morgan fingerprint density at radius 3 is 2.65 bits per heavy atom. The van der Waals surface area contributed by atoms with Gasteiger partial charge in [0.05, 0.1) is 6.10 Å². The first-order valence-electron chi connectivity index (χ1n) is 5.76. The quantitative estimate of drug-likeness (QED) is 0.886. The number of benzene rings is 1. The zero-order chi connectivity index (χ0) is 12.6. The molecule has 94 valence electrons. The van der Waals surface area contributed by atoms with Crippen molar-refractivity contribution in [3.05, 3.63) is 33.8 Å². The molecule has 0 amide bonds. The summed E-state index contributed by atoms with van der Waals surface area (Å²) < 4.78 is 0. The molecule has 1 fully saturated rings. The highest BCUT2D eigenvalue weighted by Crippen LogP contribution is 2.40. The van der Waals surface area contributed by atoms with Gasteiger partial charge in [-0.1, -0.05) is 43.1 Å². The van der Waals surface area contributed by atoms with E-state index < -0.39 is 0 Å². The fraction of sp³-hybridized carbons (Fsp3) is 0.538. The van der Waals surface area contributed by atoms with Crippen LogP contribution in [0.3, 0.4) is 0 Å². The average molecular weight is 274 g/mol. The van der Waals surface area contributed by atoms with Gasteiger partial charge in [-0.05, 0) is 24.1 Å². The van der Waals surface area contributed by atoms with Gasteiger partial charge in [0.25, 0.3) is 0 Å². The smallest absolute Gasteiger partial charge is 0.0621 e. The molecule has 0 bridgehead atoms. The lowest BCUT2D eigenvalue weighted by molar-refractivity contribution is -0.0729. The topological polar surface area (TPSA) is 32.3 Å². The molecular weight excluding hydrogens is 257 g/mol. The van der Waals surface area contributed by atoms with Crippen LogP contribution < -0.4 is 5.32 Å². The Labute approximate surface area is 112 Å². The molecule has 1 aliphatic rings. The van der Waals surface area contributed by atoms with E-state index in [1.807, 2.05) is 12.1 Å². The summed E-state index contributed by atoms with van der Waals surface area (Å²) in [5.41, 5.74) is 0.979. The molecular formula is C13H17Cl2NO. The number of rotatable bonds is 3. The Balaban J connectivity index is 1.95. The Morgan fingerprint density at radius 2 is 2.12 bits per heavy atom. The molecule has 1 saturated carbocycles. The summed E-state index contributed by atoms with van der Waals surface area (Å²) in [5, 5.41) is 14.4. The van der Waals surface area contributed by atoms with Gasteiger partial charge in [0.1, 0.15) is 0 Å². The molecule has 1 aromatic carbocycles. The number of nitrogens with one attached hydrogen (secondary N) is 1. The Kier molecular flexibility index (Phi) is 3.69. The van der Waals surface area contributed by atoms with E-state index >= 15 is 0 Å². The molecule has 2 unspecified atom stereocenters. The largest absolute Gasteiger partial charge is 0.392 e. The summed E-state index contributed by atoms with van der Waals surface area (Å²) in [4.78, 5) is 0. The van der Waals surface area contributed by atoms with E-state index in [-0.39, 0.29) is 11.5 Å². The van der Waals surface area contributed by atoms with E-state index in [9.17, 15) is 5.11 Å².